The summed E-state index contributed by atoms with van der Waals surface area (Å²) in [6, 6.07) is 1.54. The van der Waals surface area contributed by atoms with Gasteiger partial charge in [0.2, 0.25) is 0 Å². The van der Waals surface area contributed by atoms with Crippen LogP contribution in [0.1, 0.15) is 106 Å². The highest BCUT2D eigenvalue weighted by molar-refractivity contribution is 5.96. The van der Waals surface area contributed by atoms with Crippen molar-refractivity contribution in [2.75, 3.05) is 13.1 Å². The zero-order valence-electron chi connectivity index (χ0n) is 22.6. The van der Waals surface area contributed by atoms with Gasteiger partial charge in [-0.25, -0.2) is 4.58 Å². The topological polar surface area (TPSA) is 6.25 Å². The van der Waals surface area contributed by atoms with E-state index in [0.717, 1.165) is 23.9 Å². The maximum atomic E-state index is 2.78. The third-order valence-corrected chi connectivity index (χ3v) is 9.71. The molecule has 4 unspecified atom stereocenters. The number of likely N-dealkylation sites (tertiary alicyclic amines) is 1. The summed E-state index contributed by atoms with van der Waals surface area (Å²) in [6.07, 6.45) is 25.6. The van der Waals surface area contributed by atoms with Crippen molar-refractivity contribution in [2.45, 2.75) is 118 Å². The molecule has 0 spiro atoms. The minimum atomic E-state index is 0.296. The van der Waals surface area contributed by atoms with E-state index in [1.807, 2.05) is 0 Å². The maximum absolute atomic E-state index is 2.78. The van der Waals surface area contributed by atoms with Crippen molar-refractivity contribution in [1.82, 2.24) is 4.90 Å². The van der Waals surface area contributed by atoms with Crippen LogP contribution in [0.25, 0.3) is 0 Å². The quantitative estimate of drug-likeness (QED) is 0.283. The molecule has 4 rings (SSSR count). The smallest absolute Gasteiger partial charge is 0.182 e. The first-order valence-corrected chi connectivity index (χ1v) is 14.3. The normalized spacial score (nSPS) is 34.6. The lowest BCUT2D eigenvalue weighted by Crippen LogP contribution is -2.35. The fourth-order valence-corrected chi connectivity index (χ4v) is 8.16. The molecule has 0 aromatic rings. The predicted octanol–water partition coefficient (Wildman–Crippen LogP) is 7.76. The molecule has 0 amide bonds. The summed E-state index contributed by atoms with van der Waals surface area (Å²) >= 11 is 0. The SMILES string of the molecule is CCCN1/C(=C/C=C/C=C/C2=[N+](CCC)C3CCCCC3C2(C)C)C(C)(C)C2CCCCC21. The molecule has 4 aliphatic rings. The summed E-state index contributed by atoms with van der Waals surface area (Å²) in [5, 5.41) is 0. The van der Waals surface area contributed by atoms with Gasteiger partial charge in [-0.15, -0.1) is 0 Å². The summed E-state index contributed by atoms with van der Waals surface area (Å²) in [7, 11) is 0. The zero-order chi connectivity index (χ0) is 23.6. The lowest BCUT2D eigenvalue weighted by Gasteiger charge is -2.34. The summed E-state index contributed by atoms with van der Waals surface area (Å²) in [4.78, 5) is 2.78. The van der Waals surface area contributed by atoms with Gasteiger partial charge < -0.3 is 4.90 Å². The van der Waals surface area contributed by atoms with E-state index in [9.17, 15) is 0 Å². The van der Waals surface area contributed by atoms with E-state index in [2.05, 4.69) is 81.4 Å². The van der Waals surface area contributed by atoms with Crippen molar-refractivity contribution in [3.8, 4) is 0 Å². The van der Waals surface area contributed by atoms with Crippen molar-refractivity contribution in [1.29, 1.82) is 0 Å². The minimum absolute atomic E-state index is 0.296. The van der Waals surface area contributed by atoms with Crippen LogP contribution in [-0.4, -0.2) is 40.4 Å². The van der Waals surface area contributed by atoms with Crippen LogP contribution in [0.5, 0.6) is 0 Å². The minimum Gasteiger partial charge on any atom is -0.371 e. The van der Waals surface area contributed by atoms with E-state index in [4.69, 9.17) is 0 Å². The standard InChI is InChI=1S/C31H51N2/c1-7-22-32-26-18-14-12-16-24(26)30(3,4)28(32)20-10-9-11-21-29-31(5,6)25-17-13-15-19-27(25)33(29)23-8-2/h9-11,20-21,24-27H,7-8,12-19,22-23H2,1-6H3/q+1. The van der Waals surface area contributed by atoms with Crippen LogP contribution in [0.2, 0.25) is 0 Å². The lowest BCUT2D eigenvalue weighted by atomic mass is 9.69. The Hall–Kier alpha value is -1.31. The van der Waals surface area contributed by atoms with E-state index in [0.29, 0.717) is 10.8 Å². The molecule has 0 N–H and O–H groups in total. The molecule has 2 nitrogen and oxygen atoms in total. The Labute approximate surface area is 204 Å². The molecule has 2 aliphatic heterocycles. The van der Waals surface area contributed by atoms with Gasteiger partial charge in [-0.2, -0.15) is 0 Å². The molecular weight excluding hydrogens is 400 g/mol. The number of rotatable bonds is 7. The third kappa shape index (κ3) is 4.53. The van der Waals surface area contributed by atoms with Crippen molar-refractivity contribution >= 4 is 5.71 Å². The van der Waals surface area contributed by atoms with E-state index < -0.39 is 0 Å². The fraction of sp³-hybridized carbons (Fsp3) is 0.774. The van der Waals surface area contributed by atoms with Gasteiger partial charge in [0.1, 0.15) is 6.54 Å². The van der Waals surface area contributed by atoms with Crippen molar-refractivity contribution in [3.05, 3.63) is 36.1 Å². The van der Waals surface area contributed by atoms with Crippen LogP contribution in [0, 0.1) is 22.7 Å². The second-order valence-electron chi connectivity index (χ2n) is 12.4. The monoisotopic (exact) mass is 451 g/mol. The van der Waals surface area contributed by atoms with Gasteiger partial charge >= 0.3 is 0 Å². The molecule has 0 bridgehead atoms. The number of nitrogens with zero attached hydrogens (tertiary/aromatic N) is 2. The third-order valence-electron chi connectivity index (χ3n) is 9.71. The Kier molecular flexibility index (Phi) is 7.61. The summed E-state index contributed by atoms with van der Waals surface area (Å²) in [5.41, 5.74) is 3.76. The van der Waals surface area contributed by atoms with Crippen LogP contribution < -0.4 is 0 Å². The van der Waals surface area contributed by atoms with Crippen LogP contribution in [0.3, 0.4) is 0 Å². The average Bonchev–Trinajstić information content (AvgIpc) is 3.14. The molecule has 2 saturated carbocycles. The van der Waals surface area contributed by atoms with Gasteiger partial charge in [-0.05, 0) is 57.9 Å². The van der Waals surface area contributed by atoms with Crippen molar-refractivity contribution < 1.29 is 4.58 Å². The highest BCUT2D eigenvalue weighted by Crippen LogP contribution is 2.53. The van der Waals surface area contributed by atoms with Crippen molar-refractivity contribution in [3.63, 3.8) is 0 Å². The number of fused-ring (bicyclic) bond motifs is 2. The van der Waals surface area contributed by atoms with Crippen LogP contribution >= 0.6 is 0 Å². The van der Waals surface area contributed by atoms with Gasteiger partial charge in [-0.1, -0.05) is 65.2 Å². The van der Waals surface area contributed by atoms with Crippen molar-refractivity contribution in [2.24, 2.45) is 22.7 Å². The van der Waals surface area contributed by atoms with E-state index in [1.54, 1.807) is 11.4 Å². The second-order valence-corrected chi connectivity index (χ2v) is 12.4. The summed E-state index contributed by atoms with van der Waals surface area (Å²) in [5.74, 6) is 1.66. The first kappa shape index (κ1) is 24.8. The van der Waals surface area contributed by atoms with Gasteiger partial charge in [-0.3, -0.25) is 0 Å². The molecule has 2 aliphatic carbocycles. The molecule has 2 heteroatoms. The molecule has 0 aromatic heterocycles. The first-order valence-electron chi connectivity index (χ1n) is 14.3. The predicted molar refractivity (Wildman–Crippen MR) is 143 cm³/mol. The average molecular weight is 452 g/mol. The molecule has 4 atom stereocenters. The molecule has 3 fully saturated rings. The van der Waals surface area contributed by atoms with Crippen LogP contribution in [0.15, 0.2) is 36.1 Å². The van der Waals surface area contributed by atoms with E-state index in [-0.39, 0.29) is 0 Å². The maximum Gasteiger partial charge on any atom is 0.182 e. The molecule has 184 valence electrons. The highest BCUT2D eigenvalue weighted by Gasteiger charge is 2.54. The molecule has 0 aromatic carbocycles. The summed E-state index contributed by atoms with van der Waals surface area (Å²) in [6.45, 7) is 17.1. The summed E-state index contributed by atoms with van der Waals surface area (Å²) < 4.78 is 2.78. The zero-order valence-corrected chi connectivity index (χ0v) is 22.6. The highest BCUT2D eigenvalue weighted by atomic mass is 15.2. The molecule has 33 heavy (non-hydrogen) atoms. The van der Waals surface area contributed by atoms with Gasteiger partial charge in [0.25, 0.3) is 0 Å². The number of allylic oxidation sites excluding steroid dienone is 6. The Balaban J connectivity index is 1.55. The van der Waals surface area contributed by atoms with E-state index >= 15 is 0 Å². The Morgan fingerprint density at radius 3 is 2.24 bits per heavy atom. The number of hydrogen-bond donors (Lipinski definition) is 0. The number of hydrogen-bond acceptors (Lipinski definition) is 1. The van der Waals surface area contributed by atoms with E-state index in [1.165, 1.54) is 77.3 Å². The van der Waals surface area contributed by atoms with Gasteiger partial charge in [0, 0.05) is 48.5 Å². The Morgan fingerprint density at radius 2 is 1.52 bits per heavy atom. The first-order chi connectivity index (χ1) is 15.8. The fourth-order valence-electron chi connectivity index (χ4n) is 8.16. The Morgan fingerprint density at radius 1 is 0.818 bits per heavy atom. The molecule has 1 saturated heterocycles. The molecular formula is C31H51N2+. The van der Waals surface area contributed by atoms with Gasteiger partial charge in [0.15, 0.2) is 11.8 Å². The largest absolute Gasteiger partial charge is 0.371 e. The molecule has 2 heterocycles. The lowest BCUT2D eigenvalue weighted by molar-refractivity contribution is -0.566. The Bertz CT molecular complexity index is 809. The molecule has 0 radical (unpaired) electrons. The van der Waals surface area contributed by atoms with Crippen LogP contribution in [-0.2, 0) is 0 Å². The van der Waals surface area contributed by atoms with Gasteiger partial charge in [0.05, 0.1) is 5.41 Å². The second kappa shape index (κ2) is 10.1. The van der Waals surface area contributed by atoms with Crippen LogP contribution in [0.4, 0.5) is 0 Å².